The van der Waals surface area contributed by atoms with Crippen LogP contribution in [0.1, 0.15) is 19.4 Å². The number of aliphatic carboxylic acids is 1. The number of benzene rings is 1. The number of hydrogen-bond donors (Lipinski definition) is 2. The molecule has 0 spiro atoms. The first-order chi connectivity index (χ1) is 9.31. The molecule has 0 heterocycles. The molecule has 2 amide bonds. The summed E-state index contributed by atoms with van der Waals surface area (Å²) in [4.78, 5) is 24.5. The van der Waals surface area contributed by atoms with E-state index in [0.717, 1.165) is 10.0 Å². The van der Waals surface area contributed by atoms with Gasteiger partial charge >= 0.3 is 12.0 Å². The minimum Gasteiger partial charge on any atom is -0.480 e. The lowest BCUT2D eigenvalue weighted by molar-refractivity contribution is -0.140. The Kier molecular flexibility index (Phi) is 6.01. The van der Waals surface area contributed by atoms with Crippen LogP contribution in [-0.4, -0.2) is 35.1 Å². The fourth-order valence-corrected chi connectivity index (χ4v) is 2.18. The Balaban J connectivity index is 2.65. The quantitative estimate of drug-likeness (QED) is 0.864. The molecule has 0 radical (unpaired) electrons. The van der Waals surface area contributed by atoms with Crippen LogP contribution in [0, 0.1) is 5.92 Å². The summed E-state index contributed by atoms with van der Waals surface area (Å²) in [5, 5.41) is 11.6. The van der Waals surface area contributed by atoms with Gasteiger partial charge in [-0.2, -0.15) is 0 Å². The highest BCUT2D eigenvalue weighted by molar-refractivity contribution is 9.10. The molecular weight excluding hydrogens is 324 g/mol. The van der Waals surface area contributed by atoms with Gasteiger partial charge in [0, 0.05) is 18.1 Å². The second kappa shape index (κ2) is 7.28. The SMILES string of the molecule is CC(C)[C@H](NC(=O)N(C)Cc1cccc(Br)c1)C(=O)O. The van der Waals surface area contributed by atoms with Gasteiger partial charge in [-0.1, -0.05) is 41.9 Å². The summed E-state index contributed by atoms with van der Waals surface area (Å²) in [7, 11) is 1.63. The number of carboxylic acid groups (broad SMARTS) is 1. The molecule has 0 unspecified atom stereocenters. The minimum atomic E-state index is -1.02. The maximum Gasteiger partial charge on any atom is 0.326 e. The summed E-state index contributed by atoms with van der Waals surface area (Å²) in [5.74, 6) is -1.19. The molecule has 0 saturated carbocycles. The predicted molar refractivity (Wildman–Crippen MR) is 80.4 cm³/mol. The Bertz CT molecular complexity index is 491. The molecule has 1 aromatic carbocycles. The Labute approximate surface area is 127 Å². The third-order valence-electron chi connectivity index (χ3n) is 2.87. The number of carbonyl (C=O) groups is 2. The van der Waals surface area contributed by atoms with Gasteiger partial charge in [0.2, 0.25) is 0 Å². The van der Waals surface area contributed by atoms with E-state index in [4.69, 9.17) is 5.11 Å². The lowest BCUT2D eigenvalue weighted by Gasteiger charge is -2.23. The van der Waals surface area contributed by atoms with Gasteiger partial charge in [-0.3, -0.25) is 0 Å². The summed E-state index contributed by atoms with van der Waals surface area (Å²) < 4.78 is 0.939. The van der Waals surface area contributed by atoms with Gasteiger partial charge in [0.15, 0.2) is 0 Å². The number of nitrogens with one attached hydrogen (secondary N) is 1. The van der Waals surface area contributed by atoms with Crippen molar-refractivity contribution in [3.05, 3.63) is 34.3 Å². The number of amides is 2. The molecule has 1 aromatic rings. The fraction of sp³-hybridized carbons (Fsp3) is 0.429. The van der Waals surface area contributed by atoms with Crippen LogP contribution in [0.15, 0.2) is 28.7 Å². The third kappa shape index (κ3) is 4.85. The van der Waals surface area contributed by atoms with Crippen LogP contribution in [-0.2, 0) is 11.3 Å². The van der Waals surface area contributed by atoms with Crippen molar-refractivity contribution in [1.29, 1.82) is 0 Å². The minimum absolute atomic E-state index is 0.171. The number of hydrogen-bond acceptors (Lipinski definition) is 2. The molecule has 5 nitrogen and oxygen atoms in total. The second-order valence-corrected chi connectivity index (χ2v) is 5.91. The Hall–Kier alpha value is -1.56. The maximum absolute atomic E-state index is 12.0. The van der Waals surface area contributed by atoms with Crippen molar-refractivity contribution in [2.75, 3.05) is 7.05 Å². The monoisotopic (exact) mass is 342 g/mol. The van der Waals surface area contributed by atoms with Crippen molar-refractivity contribution in [2.24, 2.45) is 5.92 Å². The first kappa shape index (κ1) is 16.5. The highest BCUT2D eigenvalue weighted by atomic mass is 79.9. The van der Waals surface area contributed by atoms with E-state index in [1.807, 2.05) is 24.3 Å². The largest absolute Gasteiger partial charge is 0.480 e. The van der Waals surface area contributed by atoms with Gasteiger partial charge in [0.05, 0.1) is 0 Å². The van der Waals surface area contributed by atoms with E-state index in [9.17, 15) is 9.59 Å². The Morgan fingerprint density at radius 2 is 2.05 bits per heavy atom. The van der Waals surface area contributed by atoms with Crippen LogP contribution in [0.3, 0.4) is 0 Å². The molecule has 2 N–H and O–H groups in total. The highest BCUT2D eigenvalue weighted by Gasteiger charge is 2.24. The van der Waals surface area contributed by atoms with Crippen LogP contribution in [0.5, 0.6) is 0 Å². The van der Waals surface area contributed by atoms with E-state index in [-0.39, 0.29) is 5.92 Å². The van der Waals surface area contributed by atoms with Gasteiger partial charge in [-0.15, -0.1) is 0 Å². The van der Waals surface area contributed by atoms with Crippen LogP contribution < -0.4 is 5.32 Å². The van der Waals surface area contributed by atoms with E-state index in [2.05, 4.69) is 21.2 Å². The van der Waals surface area contributed by atoms with Crippen LogP contribution in [0.2, 0.25) is 0 Å². The zero-order valence-corrected chi connectivity index (χ0v) is 13.3. The average molecular weight is 343 g/mol. The first-order valence-electron chi connectivity index (χ1n) is 6.30. The molecular formula is C14H19BrN2O3. The number of urea groups is 1. The Morgan fingerprint density at radius 3 is 2.55 bits per heavy atom. The second-order valence-electron chi connectivity index (χ2n) is 5.00. The lowest BCUT2D eigenvalue weighted by atomic mass is 10.1. The number of carbonyl (C=O) groups excluding carboxylic acids is 1. The van der Waals surface area contributed by atoms with Crippen LogP contribution in [0.4, 0.5) is 4.79 Å². The number of rotatable bonds is 5. The average Bonchev–Trinajstić information content (AvgIpc) is 2.34. The molecule has 0 aliphatic carbocycles. The molecule has 0 aromatic heterocycles. The van der Waals surface area contributed by atoms with Gasteiger partial charge in [-0.05, 0) is 23.6 Å². The first-order valence-corrected chi connectivity index (χ1v) is 7.09. The van der Waals surface area contributed by atoms with Crippen molar-refractivity contribution < 1.29 is 14.7 Å². The van der Waals surface area contributed by atoms with Gasteiger partial charge in [0.25, 0.3) is 0 Å². The molecule has 0 saturated heterocycles. The van der Waals surface area contributed by atoms with Crippen LogP contribution in [0.25, 0.3) is 0 Å². The number of nitrogens with zero attached hydrogens (tertiary/aromatic N) is 1. The fourth-order valence-electron chi connectivity index (χ4n) is 1.74. The summed E-state index contributed by atoms with van der Waals surface area (Å²) in [5.41, 5.74) is 0.966. The normalized spacial score (nSPS) is 12.1. The van der Waals surface area contributed by atoms with E-state index < -0.39 is 18.0 Å². The van der Waals surface area contributed by atoms with Gasteiger partial charge < -0.3 is 15.3 Å². The molecule has 0 aliphatic heterocycles. The zero-order chi connectivity index (χ0) is 15.3. The molecule has 0 fully saturated rings. The number of carboxylic acids is 1. The third-order valence-corrected chi connectivity index (χ3v) is 3.36. The summed E-state index contributed by atoms with van der Waals surface area (Å²) in [6.07, 6.45) is 0. The van der Waals surface area contributed by atoms with Crippen molar-refractivity contribution in [1.82, 2.24) is 10.2 Å². The van der Waals surface area contributed by atoms with Gasteiger partial charge in [0.1, 0.15) is 6.04 Å². The molecule has 1 atom stereocenters. The molecule has 0 aliphatic rings. The number of halogens is 1. The molecule has 110 valence electrons. The zero-order valence-electron chi connectivity index (χ0n) is 11.8. The Morgan fingerprint density at radius 1 is 1.40 bits per heavy atom. The molecule has 0 bridgehead atoms. The van der Waals surface area contributed by atoms with E-state index in [1.165, 1.54) is 4.90 Å². The summed E-state index contributed by atoms with van der Waals surface area (Å²) in [6.45, 7) is 3.93. The molecule has 6 heteroatoms. The van der Waals surface area contributed by atoms with Crippen molar-refractivity contribution in [3.8, 4) is 0 Å². The smallest absolute Gasteiger partial charge is 0.326 e. The van der Waals surface area contributed by atoms with E-state index in [0.29, 0.717) is 6.54 Å². The van der Waals surface area contributed by atoms with Gasteiger partial charge in [-0.25, -0.2) is 9.59 Å². The lowest BCUT2D eigenvalue weighted by Crippen LogP contribution is -2.48. The molecule has 20 heavy (non-hydrogen) atoms. The standard InChI is InChI=1S/C14H19BrN2O3/c1-9(2)12(13(18)19)16-14(20)17(3)8-10-5-4-6-11(15)7-10/h4-7,9,12H,8H2,1-3H3,(H,16,20)(H,18,19)/t12-/m0/s1. The summed E-state index contributed by atoms with van der Waals surface area (Å²) in [6, 6.07) is 6.34. The summed E-state index contributed by atoms with van der Waals surface area (Å²) >= 11 is 3.37. The topological polar surface area (TPSA) is 69.6 Å². The molecule has 1 rings (SSSR count). The van der Waals surface area contributed by atoms with Crippen LogP contribution >= 0.6 is 15.9 Å². The predicted octanol–water partition coefficient (Wildman–Crippen LogP) is 2.70. The van der Waals surface area contributed by atoms with Crippen molar-refractivity contribution >= 4 is 27.9 Å². The maximum atomic E-state index is 12.0. The van der Waals surface area contributed by atoms with E-state index >= 15 is 0 Å². The van der Waals surface area contributed by atoms with Crippen molar-refractivity contribution in [3.63, 3.8) is 0 Å². The van der Waals surface area contributed by atoms with Crippen molar-refractivity contribution in [2.45, 2.75) is 26.4 Å². The highest BCUT2D eigenvalue weighted by Crippen LogP contribution is 2.13. The van der Waals surface area contributed by atoms with E-state index in [1.54, 1.807) is 20.9 Å².